The van der Waals surface area contributed by atoms with Gasteiger partial charge in [0.05, 0.1) is 6.61 Å². The lowest BCUT2D eigenvalue weighted by atomic mass is 10.1. The minimum Gasteiger partial charge on any atom is -0.380 e. The summed E-state index contributed by atoms with van der Waals surface area (Å²) in [4.78, 5) is 14.2. The smallest absolute Gasteiger partial charge is 0.253 e. The molecule has 5 heteroatoms. The van der Waals surface area contributed by atoms with Crippen molar-refractivity contribution in [2.45, 2.75) is 25.2 Å². The van der Waals surface area contributed by atoms with Crippen LogP contribution in [-0.2, 0) is 22.1 Å². The van der Waals surface area contributed by atoms with Crippen molar-refractivity contribution in [2.24, 2.45) is 0 Å². The van der Waals surface area contributed by atoms with Crippen molar-refractivity contribution in [3.63, 3.8) is 0 Å². The molecule has 1 fully saturated rings. The van der Waals surface area contributed by atoms with Gasteiger partial charge < -0.3 is 9.64 Å². The molecule has 0 spiro atoms. The van der Waals surface area contributed by atoms with Gasteiger partial charge in [0.2, 0.25) is 0 Å². The first-order valence-corrected chi connectivity index (χ1v) is 8.24. The van der Waals surface area contributed by atoms with Gasteiger partial charge in [-0.15, -0.1) is 0 Å². The van der Waals surface area contributed by atoms with E-state index in [2.05, 4.69) is 0 Å². The highest BCUT2D eigenvalue weighted by atomic mass is 32.2. The molecule has 2 rings (SSSR count). The molecule has 1 aliphatic heterocycles. The van der Waals surface area contributed by atoms with Crippen molar-refractivity contribution in [3.05, 3.63) is 35.4 Å². The summed E-state index contributed by atoms with van der Waals surface area (Å²) in [6.45, 7) is 3.81. The summed E-state index contributed by atoms with van der Waals surface area (Å²) in [5.41, 5.74) is 1.74. The third-order valence-corrected chi connectivity index (χ3v) is 5.33. The molecule has 0 bridgehead atoms. The SMILES string of the molecule is COCc1ccc(C(=O)N2CC[C@H](C)[S@@](=O)CC2)cc1. The van der Waals surface area contributed by atoms with Crippen LogP contribution < -0.4 is 0 Å². The maximum Gasteiger partial charge on any atom is 0.253 e. The molecule has 0 saturated carbocycles. The number of hydrogen-bond donors (Lipinski definition) is 0. The van der Waals surface area contributed by atoms with E-state index < -0.39 is 10.8 Å². The van der Waals surface area contributed by atoms with Crippen LogP contribution in [-0.4, -0.2) is 46.2 Å². The lowest BCUT2D eigenvalue weighted by Crippen LogP contribution is -2.33. The molecule has 1 aromatic carbocycles. The number of nitrogens with zero attached hydrogens (tertiary/aromatic N) is 1. The van der Waals surface area contributed by atoms with Crippen molar-refractivity contribution < 1.29 is 13.7 Å². The van der Waals surface area contributed by atoms with Gasteiger partial charge in [-0.25, -0.2) is 0 Å². The number of carbonyl (C=O) groups excluding carboxylic acids is 1. The van der Waals surface area contributed by atoms with Crippen molar-refractivity contribution in [1.82, 2.24) is 4.90 Å². The highest BCUT2D eigenvalue weighted by Crippen LogP contribution is 2.14. The fraction of sp³-hybridized carbons (Fsp3) is 0.533. The zero-order chi connectivity index (χ0) is 14.5. The third kappa shape index (κ3) is 3.67. The summed E-state index contributed by atoms with van der Waals surface area (Å²) in [5, 5.41) is 0.178. The Balaban J connectivity index is 2.04. The molecular formula is C15H21NO3S. The second kappa shape index (κ2) is 6.99. The zero-order valence-electron chi connectivity index (χ0n) is 12.0. The average Bonchev–Trinajstić information content (AvgIpc) is 2.62. The molecular weight excluding hydrogens is 274 g/mol. The quantitative estimate of drug-likeness (QED) is 0.854. The van der Waals surface area contributed by atoms with Gasteiger partial charge in [-0.05, 0) is 24.1 Å². The molecule has 1 aromatic rings. The largest absolute Gasteiger partial charge is 0.380 e. The van der Waals surface area contributed by atoms with Gasteiger partial charge in [-0.3, -0.25) is 9.00 Å². The van der Waals surface area contributed by atoms with E-state index >= 15 is 0 Å². The van der Waals surface area contributed by atoms with E-state index in [0.717, 1.165) is 12.0 Å². The molecule has 1 aliphatic rings. The Morgan fingerprint density at radius 2 is 2.05 bits per heavy atom. The maximum absolute atomic E-state index is 12.4. The fourth-order valence-electron chi connectivity index (χ4n) is 2.28. The summed E-state index contributed by atoms with van der Waals surface area (Å²) in [7, 11) is 0.838. The predicted molar refractivity (Wildman–Crippen MR) is 80.1 cm³/mol. The van der Waals surface area contributed by atoms with E-state index in [9.17, 15) is 9.00 Å². The van der Waals surface area contributed by atoms with Gasteiger partial charge >= 0.3 is 0 Å². The summed E-state index contributed by atoms with van der Waals surface area (Å²) in [5.74, 6) is 0.606. The second-order valence-corrected chi connectivity index (χ2v) is 7.08. The second-order valence-electron chi connectivity index (χ2n) is 5.11. The van der Waals surface area contributed by atoms with Crippen LogP contribution >= 0.6 is 0 Å². The number of benzene rings is 1. The molecule has 0 aromatic heterocycles. The zero-order valence-corrected chi connectivity index (χ0v) is 12.8. The Morgan fingerprint density at radius 3 is 2.70 bits per heavy atom. The average molecular weight is 295 g/mol. The van der Waals surface area contributed by atoms with Crippen LogP contribution in [0.15, 0.2) is 24.3 Å². The topological polar surface area (TPSA) is 46.6 Å². The number of amides is 1. The molecule has 20 heavy (non-hydrogen) atoms. The van der Waals surface area contributed by atoms with Gasteiger partial charge in [0.1, 0.15) is 0 Å². The van der Waals surface area contributed by atoms with Gasteiger partial charge in [-0.2, -0.15) is 0 Å². The Morgan fingerprint density at radius 1 is 1.35 bits per heavy atom. The minimum absolute atomic E-state index is 0.0278. The lowest BCUT2D eigenvalue weighted by Gasteiger charge is -2.20. The van der Waals surface area contributed by atoms with Crippen LogP contribution in [0.1, 0.15) is 29.3 Å². The van der Waals surface area contributed by atoms with Crippen LogP contribution in [0.5, 0.6) is 0 Å². The molecule has 0 radical (unpaired) electrons. The Hall–Kier alpha value is -1.20. The molecule has 2 atom stereocenters. The standard InChI is InChI=1S/C15H21NO3S/c1-12-7-8-16(9-10-20(12)18)15(17)14-5-3-13(4-6-14)11-19-2/h3-6,12H,7-11H2,1-2H3/t12-,20-/m0/s1. The van der Waals surface area contributed by atoms with Gasteiger partial charge in [0, 0.05) is 47.6 Å². The number of carbonyl (C=O) groups is 1. The fourth-order valence-corrected chi connectivity index (χ4v) is 3.45. The van der Waals surface area contributed by atoms with Crippen LogP contribution in [0, 0.1) is 0 Å². The van der Waals surface area contributed by atoms with Crippen LogP contribution in [0.3, 0.4) is 0 Å². The first-order valence-electron chi connectivity index (χ1n) is 6.86. The van der Waals surface area contributed by atoms with Gasteiger partial charge in [-0.1, -0.05) is 19.1 Å². The van der Waals surface area contributed by atoms with Crippen molar-refractivity contribution >= 4 is 16.7 Å². The lowest BCUT2D eigenvalue weighted by molar-refractivity contribution is 0.0767. The minimum atomic E-state index is -0.813. The highest BCUT2D eigenvalue weighted by Gasteiger charge is 2.23. The molecule has 0 aliphatic carbocycles. The van der Waals surface area contributed by atoms with E-state index in [1.807, 2.05) is 36.1 Å². The molecule has 0 unspecified atom stereocenters. The van der Waals surface area contributed by atoms with Crippen molar-refractivity contribution in [3.8, 4) is 0 Å². The molecule has 0 N–H and O–H groups in total. The Kier molecular flexibility index (Phi) is 5.31. The first-order chi connectivity index (χ1) is 9.61. The van der Waals surface area contributed by atoms with E-state index in [4.69, 9.17) is 4.74 Å². The van der Waals surface area contributed by atoms with E-state index in [0.29, 0.717) is 31.0 Å². The number of ether oxygens (including phenoxy) is 1. The van der Waals surface area contributed by atoms with Gasteiger partial charge in [0.15, 0.2) is 0 Å². The van der Waals surface area contributed by atoms with E-state index in [-0.39, 0.29) is 11.2 Å². The summed E-state index contributed by atoms with van der Waals surface area (Å²) in [6, 6.07) is 7.49. The number of rotatable bonds is 3. The van der Waals surface area contributed by atoms with E-state index in [1.54, 1.807) is 7.11 Å². The highest BCUT2D eigenvalue weighted by molar-refractivity contribution is 7.85. The first kappa shape index (κ1) is 15.2. The van der Waals surface area contributed by atoms with Gasteiger partial charge in [0.25, 0.3) is 5.91 Å². The van der Waals surface area contributed by atoms with Crippen LogP contribution in [0.25, 0.3) is 0 Å². The molecule has 110 valence electrons. The Labute approximate surface area is 122 Å². The van der Waals surface area contributed by atoms with Crippen molar-refractivity contribution in [2.75, 3.05) is 26.0 Å². The summed E-state index contributed by atoms with van der Waals surface area (Å²) >= 11 is 0. The monoisotopic (exact) mass is 295 g/mol. The molecule has 1 heterocycles. The maximum atomic E-state index is 12.4. The number of hydrogen-bond acceptors (Lipinski definition) is 3. The van der Waals surface area contributed by atoms with E-state index in [1.165, 1.54) is 0 Å². The normalized spacial score (nSPS) is 23.4. The molecule has 1 amide bonds. The summed E-state index contributed by atoms with van der Waals surface area (Å²) < 4.78 is 16.9. The number of methoxy groups -OCH3 is 1. The van der Waals surface area contributed by atoms with Crippen molar-refractivity contribution in [1.29, 1.82) is 0 Å². The Bertz CT molecular complexity index is 486. The van der Waals surface area contributed by atoms with Crippen LogP contribution in [0.4, 0.5) is 0 Å². The van der Waals surface area contributed by atoms with Crippen LogP contribution in [0.2, 0.25) is 0 Å². The molecule has 1 saturated heterocycles. The molecule has 4 nitrogen and oxygen atoms in total. The third-order valence-electron chi connectivity index (χ3n) is 3.62. The predicted octanol–water partition coefficient (Wildman–Crippen LogP) is 1.82. The summed E-state index contributed by atoms with van der Waals surface area (Å²) in [6.07, 6.45) is 0.806.